The molecule has 0 spiro atoms. The Morgan fingerprint density at radius 1 is 1.19 bits per heavy atom. The average molecular weight is 434 g/mol. The van der Waals surface area contributed by atoms with Gasteiger partial charge in [-0.2, -0.15) is 0 Å². The number of rotatable bonds is 7. The summed E-state index contributed by atoms with van der Waals surface area (Å²) >= 11 is 0. The van der Waals surface area contributed by atoms with Crippen molar-refractivity contribution in [2.24, 2.45) is 0 Å². The zero-order valence-corrected chi connectivity index (χ0v) is 19.3. The van der Waals surface area contributed by atoms with E-state index in [0.717, 1.165) is 49.7 Å². The summed E-state index contributed by atoms with van der Waals surface area (Å²) in [6, 6.07) is 8.45. The molecule has 8 heteroatoms. The number of nitrogens with zero attached hydrogens (tertiary/aromatic N) is 6. The highest BCUT2D eigenvalue weighted by Gasteiger charge is 2.26. The molecule has 1 fully saturated rings. The standard InChI is InChI=1S/C24H31N7O/c1-6-16(2)31-12-11-30(15-17(31)3)21-14-26-18(4)22(27-21)24-29-28-23(32-24)20-9-7-19(8-10-20)13-25-5/h7-10,14,17,25H,2,6,11-13,15H2,1,3-5H3/t17-/m0/s1. The van der Waals surface area contributed by atoms with Crippen LogP contribution in [0.3, 0.4) is 0 Å². The van der Waals surface area contributed by atoms with E-state index in [-0.39, 0.29) is 0 Å². The average Bonchev–Trinajstić information content (AvgIpc) is 3.29. The maximum Gasteiger partial charge on any atom is 0.268 e. The van der Waals surface area contributed by atoms with Crippen LogP contribution in [0.4, 0.5) is 5.82 Å². The summed E-state index contributed by atoms with van der Waals surface area (Å²) < 4.78 is 5.98. The Morgan fingerprint density at radius 3 is 2.62 bits per heavy atom. The number of anilines is 1. The van der Waals surface area contributed by atoms with Gasteiger partial charge in [0.1, 0.15) is 5.82 Å². The predicted molar refractivity (Wildman–Crippen MR) is 126 cm³/mol. The summed E-state index contributed by atoms with van der Waals surface area (Å²) in [7, 11) is 1.93. The van der Waals surface area contributed by atoms with Gasteiger partial charge in [0.15, 0.2) is 5.69 Å². The molecular formula is C24H31N7O. The Kier molecular flexibility index (Phi) is 6.50. The number of nitrogens with one attached hydrogen (secondary N) is 1. The largest absolute Gasteiger partial charge is 0.415 e. The van der Waals surface area contributed by atoms with Crippen LogP contribution >= 0.6 is 0 Å². The normalized spacial score (nSPS) is 16.4. The number of hydrogen-bond donors (Lipinski definition) is 1. The van der Waals surface area contributed by atoms with Crippen LogP contribution in [0.25, 0.3) is 23.0 Å². The lowest BCUT2D eigenvalue weighted by molar-refractivity contribution is 0.237. The molecule has 1 saturated heterocycles. The lowest BCUT2D eigenvalue weighted by atomic mass is 10.1. The van der Waals surface area contributed by atoms with Gasteiger partial charge in [-0.05, 0) is 45.0 Å². The van der Waals surface area contributed by atoms with Crippen LogP contribution in [0.5, 0.6) is 0 Å². The van der Waals surface area contributed by atoms with Gasteiger partial charge in [0.05, 0.1) is 11.9 Å². The third kappa shape index (κ3) is 4.50. The van der Waals surface area contributed by atoms with Crippen molar-refractivity contribution in [3.05, 3.63) is 54.0 Å². The van der Waals surface area contributed by atoms with Gasteiger partial charge in [0.25, 0.3) is 5.89 Å². The van der Waals surface area contributed by atoms with Gasteiger partial charge in [-0.3, -0.25) is 4.98 Å². The molecule has 1 aliphatic rings. The molecule has 0 aliphatic carbocycles. The first-order chi connectivity index (χ1) is 15.5. The third-order valence-electron chi connectivity index (χ3n) is 5.92. The van der Waals surface area contributed by atoms with E-state index in [1.807, 2.05) is 32.3 Å². The highest BCUT2D eigenvalue weighted by Crippen LogP contribution is 2.27. The Balaban J connectivity index is 1.54. The lowest BCUT2D eigenvalue weighted by Gasteiger charge is -2.42. The van der Waals surface area contributed by atoms with Crippen LogP contribution in [-0.2, 0) is 6.54 Å². The molecule has 3 aromatic rings. The molecule has 0 unspecified atom stereocenters. The second-order valence-electron chi connectivity index (χ2n) is 8.21. The van der Waals surface area contributed by atoms with Gasteiger partial charge in [0.2, 0.25) is 5.89 Å². The van der Waals surface area contributed by atoms with E-state index in [2.05, 4.69) is 62.9 Å². The number of piperazine rings is 1. The minimum absolute atomic E-state index is 0.364. The van der Waals surface area contributed by atoms with Crippen LogP contribution in [0.1, 0.15) is 31.5 Å². The van der Waals surface area contributed by atoms with Crippen LogP contribution in [0.15, 0.2) is 47.2 Å². The molecule has 0 saturated carbocycles. The van der Waals surface area contributed by atoms with Crippen LogP contribution < -0.4 is 10.2 Å². The minimum Gasteiger partial charge on any atom is -0.415 e. The lowest BCUT2D eigenvalue weighted by Crippen LogP contribution is -2.51. The fourth-order valence-corrected chi connectivity index (χ4v) is 4.04. The Morgan fingerprint density at radius 2 is 1.94 bits per heavy atom. The fourth-order valence-electron chi connectivity index (χ4n) is 4.04. The van der Waals surface area contributed by atoms with Crippen molar-refractivity contribution in [3.8, 4) is 23.0 Å². The Labute approximate surface area is 189 Å². The molecule has 0 radical (unpaired) electrons. The number of aryl methyl sites for hydroxylation is 1. The van der Waals surface area contributed by atoms with Crippen molar-refractivity contribution < 1.29 is 4.42 Å². The van der Waals surface area contributed by atoms with Crippen molar-refractivity contribution in [1.29, 1.82) is 0 Å². The first-order valence-electron chi connectivity index (χ1n) is 11.1. The molecule has 168 valence electrons. The van der Waals surface area contributed by atoms with Crippen LogP contribution in [0, 0.1) is 6.92 Å². The topological polar surface area (TPSA) is 83.2 Å². The number of hydrogen-bond acceptors (Lipinski definition) is 8. The minimum atomic E-state index is 0.364. The SMILES string of the molecule is C=C(CC)N1CCN(c2cnc(C)c(-c3nnc(-c4ccc(CNC)cc4)o3)n2)C[C@@H]1C. The van der Waals surface area contributed by atoms with Gasteiger partial charge >= 0.3 is 0 Å². The molecule has 1 N–H and O–H groups in total. The molecule has 8 nitrogen and oxygen atoms in total. The van der Waals surface area contributed by atoms with Crippen LogP contribution in [-0.4, -0.2) is 57.8 Å². The van der Waals surface area contributed by atoms with Crippen molar-refractivity contribution in [1.82, 2.24) is 30.4 Å². The van der Waals surface area contributed by atoms with Gasteiger partial charge < -0.3 is 19.5 Å². The predicted octanol–water partition coefficient (Wildman–Crippen LogP) is 3.66. The molecule has 3 heterocycles. The third-order valence-corrected chi connectivity index (χ3v) is 5.92. The molecule has 1 atom stereocenters. The number of benzene rings is 1. The highest BCUT2D eigenvalue weighted by atomic mass is 16.4. The second-order valence-corrected chi connectivity index (χ2v) is 8.21. The molecule has 0 bridgehead atoms. The van der Waals surface area contributed by atoms with Crippen LogP contribution in [0.2, 0.25) is 0 Å². The first-order valence-corrected chi connectivity index (χ1v) is 11.1. The summed E-state index contributed by atoms with van der Waals surface area (Å²) in [5.41, 5.74) is 4.65. The zero-order chi connectivity index (χ0) is 22.7. The van der Waals surface area contributed by atoms with Gasteiger partial charge in [0, 0.05) is 43.5 Å². The Hall–Kier alpha value is -3.26. The van der Waals surface area contributed by atoms with Gasteiger partial charge in [-0.25, -0.2) is 4.98 Å². The summed E-state index contributed by atoms with van der Waals surface area (Å²) in [4.78, 5) is 14.1. The van der Waals surface area contributed by atoms with Gasteiger partial charge in [-0.1, -0.05) is 25.6 Å². The molecule has 0 amide bonds. The first kappa shape index (κ1) is 22.0. The molecule has 1 aromatic carbocycles. The van der Waals surface area contributed by atoms with Crippen molar-refractivity contribution in [3.63, 3.8) is 0 Å². The van der Waals surface area contributed by atoms with Crippen molar-refractivity contribution in [2.45, 2.75) is 39.8 Å². The van der Waals surface area contributed by atoms with Crippen molar-refractivity contribution >= 4 is 5.82 Å². The molecular weight excluding hydrogens is 402 g/mol. The van der Waals surface area contributed by atoms with Crippen molar-refractivity contribution in [2.75, 3.05) is 31.6 Å². The van der Waals surface area contributed by atoms with E-state index >= 15 is 0 Å². The summed E-state index contributed by atoms with van der Waals surface area (Å²) in [5.74, 6) is 1.69. The zero-order valence-electron chi connectivity index (χ0n) is 19.3. The molecule has 1 aliphatic heterocycles. The smallest absolute Gasteiger partial charge is 0.268 e. The van der Waals surface area contributed by atoms with E-state index in [4.69, 9.17) is 9.40 Å². The highest BCUT2D eigenvalue weighted by molar-refractivity contribution is 5.58. The van der Waals surface area contributed by atoms with E-state index in [0.29, 0.717) is 23.5 Å². The second kappa shape index (κ2) is 9.48. The van der Waals surface area contributed by atoms with E-state index in [1.54, 1.807) is 0 Å². The fraction of sp³-hybridized carbons (Fsp3) is 0.417. The summed E-state index contributed by atoms with van der Waals surface area (Å²) in [6.07, 6.45) is 2.80. The quantitative estimate of drug-likeness (QED) is 0.604. The monoisotopic (exact) mass is 433 g/mol. The van der Waals surface area contributed by atoms with E-state index in [9.17, 15) is 0 Å². The van der Waals surface area contributed by atoms with E-state index < -0.39 is 0 Å². The van der Waals surface area contributed by atoms with Gasteiger partial charge in [-0.15, -0.1) is 10.2 Å². The van der Waals surface area contributed by atoms with E-state index in [1.165, 1.54) is 11.3 Å². The molecule has 32 heavy (non-hydrogen) atoms. The summed E-state index contributed by atoms with van der Waals surface area (Å²) in [5, 5.41) is 11.6. The number of allylic oxidation sites excluding steroid dienone is 1. The maximum atomic E-state index is 5.98. The molecule has 2 aromatic heterocycles. The maximum absolute atomic E-state index is 5.98. The Bertz CT molecular complexity index is 1080. The molecule has 4 rings (SSSR count). The number of aromatic nitrogens is 4. The summed E-state index contributed by atoms with van der Waals surface area (Å²) in [6.45, 7) is 14.0.